The third-order valence-electron chi connectivity index (χ3n) is 4.56. The van der Waals surface area contributed by atoms with E-state index in [1.807, 2.05) is 11.0 Å². The second-order valence-electron chi connectivity index (χ2n) is 6.29. The van der Waals surface area contributed by atoms with Crippen LogP contribution < -0.4 is 10.9 Å². The van der Waals surface area contributed by atoms with Crippen molar-refractivity contribution in [2.45, 2.75) is 19.3 Å². The Morgan fingerprint density at radius 2 is 2.00 bits per heavy atom. The molecule has 3 rings (SSSR count). The largest absolute Gasteiger partial charge is 0.373 e. The molecule has 7 heteroatoms. The van der Waals surface area contributed by atoms with E-state index in [2.05, 4.69) is 39.8 Å². The molecule has 1 saturated heterocycles. The molecule has 2 aromatic rings. The van der Waals surface area contributed by atoms with E-state index in [1.165, 1.54) is 11.8 Å². The quantitative estimate of drug-likeness (QED) is 0.857. The highest BCUT2D eigenvalue weighted by molar-refractivity contribution is 6.32. The summed E-state index contributed by atoms with van der Waals surface area (Å²) in [4.78, 5) is 25.6. The summed E-state index contributed by atoms with van der Waals surface area (Å²) in [5.41, 5.74) is 1.25. The molecule has 0 spiro atoms. The molecule has 25 heavy (non-hydrogen) atoms. The number of rotatable bonds is 5. The molecular weight excluding hydrogens is 340 g/mol. The van der Waals surface area contributed by atoms with Gasteiger partial charge in [-0.3, -0.25) is 9.59 Å². The number of hydrogen-bond acceptors (Lipinski definition) is 4. The fourth-order valence-corrected chi connectivity index (χ4v) is 3.28. The molecule has 2 N–H and O–H groups in total. The molecule has 6 nitrogen and oxygen atoms in total. The van der Waals surface area contributed by atoms with Crippen molar-refractivity contribution in [3.8, 4) is 0 Å². The van der Waals surface area contributed by atoms with Gasteiger partial charge in [-0.2, -0.15) is 5.10 Å². The van der Waals surface area contributed by atoms with Crippen molar-refractivity contribution >= 4 is 23.2 Å². The van der Waals surface area contributed by atoms with Crippen molar-refractivity contribution in [3.63, 3.8) is 0 Å². The number of aromatic nitrogens is 2. The maximum atomic E-state index is 12.3. The molecule has 2 heterocycles. The average molecular weight is 361 g/mol. The highest BCUT2D eigenvalue weighted by atomic mass is 35.5. The Morgan fingerprint density at radius 1 is 1.28 bits per heavy atom. The van der Waals surface area contributed by atoms with E-state index in [1.54, 1.807) is 0 Å². The minimum absolute atomic E-state index is 0.00881. The van der Waals surface area contributed by atoms with Crippen molar-refractivity contribution in [3.05, 3.63) is 57.5 Å². The molecule has 1 amide bonds. The van der Waals surface area contributed by atoms with Gasteiger partial charge in [0.1, 0.15) is 5.02 Å². The lowest BCUT2D eigenvalue weighted by molar-refractivity contribution is -0.130. The number of nitrogens with one attached hydrogen (secondary N) is 2. The highest BCUT2D eigenvalue weighted by Crippen LogP contribution is 2.22. The Labute approximate surface area is 151 Å². The summed E-state index contributed by atoms with van der Waals surface area (Å²) >= 11 is 5.89. The van der Waals surface area contributed by atoms with Crippen LogP contribution in [0.2, 0.25) is 5.02 Å². The summed E-state index contributed by atoms with van der Waals surface area (Å²) in [7, 11) is 0. The maximum absolute atomic E-state index is 12.3. The van der Waals surface area contributed by atoms with Gasteiger partial charge < -0.3 is 10.2 Å². The Morgan fingerprint density at radius 3 is 2.72 bits per heavy atom. The lowest BCUT2D eigenvalue weighted by Gasteiger charge is -2.32. The van der Waals surface area contributed by atoms with Crippen molar-refractivity contribution in [2.75, 3.05) is 25.0 Å². The lowest BCUT2D eigenvalue weighted by Crippen LogP contribution is -2.41. The fourth-order valence-electron chi connectivity index (χ4n) is 3.12. The number of hydrogen-bond donors (Lipinski definition) is 2. The Bertz CT molecular complexity index is 770. The van der Waals surface area contributed by atoms with Crippen molar-refractivity contribution < 1.29 is 4.79 Å². The van der Waals surface area contributed by atoms with E-state index in [9.17, 15) is 9.59 Å². The number of amides is 1. The number of benzene rings is 1. The third-order valence-corrected chi connectivity index (χ3v) is 4.94. The number of likely N-dealkylation sites (tertiary alicyclic amines) is 1. The van der Waals surface area contributed by atoms with E-state index >= 15 is 0 Å². The van der Waals surface area contributed by atoms with Gasteiger partial charge in [-0.15, -0.1) is 0 Å². The number of piperidine rings is 1. The number of anilines is 1. The van der Waals surface area contributed by atoms with Crippen LogP contribution in [0.1, 0.15) is 18.4 Å². The first-order chi connectivity index (χ1) is 12.1. The molecule has 132 valence electrons. The highest BCUT2D eigenvalue weighted by Gasteiger charge is 2.22. The Hall–Kier alpha value is -2.34. The van der Waals surface area contributed by atoms with E-state index in [0.29, 0.717) is 11.6 Å². The summed E-state index contributed by atoms with van der Waals surface area (Å²) in [6, 6.07) is 10.5. The van der Waals surface area contributed by atoms with Gasteiger partial charge in [0.25, 0.3) is 5.56 Å². The van der Waals surface area contributed by atoms with Crippen LogP contribution in [0.25, 0.3) is 0 Å². The second-order valence-corrected chi connectivity index (χ2v) is 6.67. The van der Waals surface area contributed by atoms with Gasteiger partial charge in [0, 0.05) is 13.1 Å². The van der Waals surface area contributed by atoms with Crippen LogP contribution in [0.5, 0.6) is 0 Å². The predicted octanol–water partition coefficient (Wildman–Crippen LogP) is 2.32. The maximum Gasteiger partial charge on any atom is 0.285 e. The smallest absolute Gasteiger partial charge is 0.285 e. The fraction of sp³-hybridized carbons (Fsp3) is 0.389. The zero-order valence-electron chi connectivity index (χ0n) is 13.9. The first kappa shape index (κ1) is 17.5. The van der Waals surface area contributed by atoms with Gasteiger partial charge in [-0.1, -0.05) is 41.9 Å². The number of H-pyrrole nitrogens is 1. The third kappa shape index (κ3) is 4.60. The second kappa shape index (κ2) is 8.16. The lowest BCUT2D eigenvalue weighted by atomic mass is 9.90. The molecule has 1 fully saturated rings. The van der Waals surface area contributed by atoms with Crippen molar-refractivity contribution in [1.29, 1.82) is 0 Å². The van der Waals surface area contributed by atoms with Gasteiger partial charge in [-0.05, 0) is 30.7 Å². The molecule has 1 aliphatic heterocycles. The SMILES string of the molecule is O=C(CNc1cn[nH]c(=O)c1Cl)N1CCC(Cc2ccccc2)CC1. The summed E-state index contributed by atoms with van der Waals surface area (Å²) in [6.45, 7) is 1.63. The molecule has 0 bridgehead atoms. The zero-order valence-corrected chi connectivity index (χ0v) is 14.6. The molecule has 0 saturated carbocycles. The number of carbonyl (C=O) groups excluding carboxylic acids is 1. The van der Waals surface area contributed by atoms with Crippen LogP contribution in [0.4, 0.5) is 5.69 Å². The molecule has 0 aliphatic carbocycles. The summed E-state index contributed by atoms with van der Waals surface area (Å²) in [6.07, 6.45) is 4.49. The first-order valence-corrected chi connectivity index (χ1v) is 8.80. The zero-order chi connectivity index (χ0) is 17.6. The van der Waals surface area contributed by atoms with Gasteiger partial charge >= 0.3 is 0 Å². The van der Waals surface area contributed by atoms with E-state index in [-0.39, 0.29) is 17.5 Å². The minimum Gasteiger partial charge on any atom is -0.373 e. The standard InChI is InChI=1S/C18H21ClN4O2/c19-17-15(11-21-22-18(17)25)20-12-16(24)23-8-6-14(7-9-23)10-13-4-2-1-3-5-13/h1-5,11,14H,6-10,12H2,(H2,20,22,25). The molecular formula is C18H21ClN4O2. The topological polar surface area (TPSA) is 78.1 Å². The van der Waals surface area contributed by atoms with Crippen molar-refractivity contribution in [1.82, 2.24) is 15.1 Å². The summed E-state index contributed by atoms with van der Waals surface area (Å²) in [5.74, 6) is 0.625. The number of halogens is 1. The number of nitrogens with zero attached hydrogens (tertiary/aromatic N) is 2. The van der Waals surface area contributed by atoms with Crippen molar-refractivity contribution in [2.24, 2.45) is 5.92 Å². The first-order valence-electron chi connectivity index (χ1n) is 8.42. The number of aromatic amines is 1. The molecule has 1 aromatic carbocycles. The normalized spacial score (nSPS) is 15.2. The van der Waals surface area contributed by atoms with Crippen LogP contribution in [0.15, 0.2) is 41.3 Å². The van der Waals surface area contributed by atoms with Crippen LogP contribution in [-0.2, 0) is 11.2 Å². The van der Waals surface area contributed by atoms with E-state index in [0.717, 1.165) is 32.4 Å². The van der Waals surface area contributed by atoms with E-state index < -0.39 is 5.56 Å². The van der Waals surface area contributed by atoms with Crippen LogP contribution in [0.3, 0.4) is 0 Å². The molecule has 1 aliphatic rings. The minimum atomic E-state index is -0.471. The van der Waals surface area contributed by atoms with Gasteiger partial charge in [0.15, 0.2) is 0 Å². The van der Waals surface area contributed by atoms with Gasteiger partial charge in [-0.25, -0.2) is 5.10 Å². The molecule has 0 radical (unpaired) electrons. The van der Waals surface area contributed by atoms with Crippen LogP contribution in [-0.4, -0.2) is 40.6 Å². The summed E-state index contributed by atoms with van der Waals surface area (Å²) in [5, 5.41) is 8.83. The molecule has 0 unspecified atom stereocenters. The summed E-state index contributed by atoms with van der Waals surface area (Å²) < 4.78 is 0. The predicted molar refractivity (Wildman–Crippen MR) is 97.8 cm³/mol. The van der Waals surface area contributed by atoms with Gasteiger partial charge in [0.05, 0.1) is 18.4 Å². The number of carbonyl (C=O) groups is 1. The Balaban J connectivity index is 1.47. The molecule has 1 aromatic heterocycles. The molecule has 0 atom stereocenters. The Kier molecular flexibility index (Phi) is 5.71. The van der Waals surface area contributed by atoms with Crippen LogP contribution >= 0.6 is 11.6 Å². The monoisotopic (exact) mass is 360 g/mol. The van der Waals surface area contributed by atoms with Gasteiger partial charge in [0.2, 0.25) is 5.91 Å². The average Bonchev–Trinajstić information content (AvgIpc) is 2.64. The van der Waals surface area contributed by atoms with Crippen LogP contribution in [0, 0.1) is 5.92 Å². The van der Waals surface area contributed by atoms with E-state index in [4.69, 9.17) is 11.6 Å².